The second kappa shape index (κ2) is 16.8. The number of carbonyl (C=O) groups is 1. The van der Waals surface area contributed by atoms with E-state index in [1.165, 1.54) is 25.7 Å². The van der Waals surface area contributed by atoms with E-state index in [-0.39, 0.29) is 17.1 Å². The van der Waals surface area contributed by atoms with Crippen LogP contribution in [-0.4, -0.2) is 22.8 Å². The van der Waals surface area contributed by atoms with Gasteiger partial charge < -0.3 is 15.1 Å². The van der Waals surface area contributed by atoms with Gasteiger partial charge in [0.05, 0.1) is 6.61 Å². The second-order valence-electron chi connectivity index (χ2n) is 8.78. The van der Waals surface area contributed by atoms with E-state index < -0.39 is 5.97 Å². The van der Waals surface area contributed by atoms with Gasteiger partial charge in [-0.3, -0.25) is 0 Å². The highest BCUT2D eigenvalue weighted by Gasteiger charge is 2.28. The summed E-state index contributed by atoms with van der Waals surface area (Å²) in [6.45, 7) is 9.00. The van der Waals surface area contributed by atoms with Crippen LogP contribution in [0.15, 0.2) is 0 Å². The van der Waals surface area contributed by atoms with Crippen molar-refractivity contribution in [3.8, 4) is 11.5 Å². The molecule has 1 rings (SSSR count). The minimum atomic E-state index is -1.10. The Morgan fingerprint density at radius 3 is 1.75 bits per heavy atom. The molecule has 0 saturated carbocycles. The van der Waals surface area contributed by atoms with Gasteiger partial charge in [0.25, 0.3) is 0 Å². The van der Waals surface area contributed by atoms with Crippen LogP contribution in [0.1, 0.15) is 132 Å². The number of carboxylic acids is 1. The first kappa shape index (κ1) is 28.3. The van der Waals surface area contributed by atoms with Gasteiger partial charge in [-0.2, -0.15) is 4.89 Å². The van der Waals surface area contributed by atoms with Crippen LogP contribution in [0, 0.1) is 0 Å². The van der Waals surface area contributed by atoms with Gasteiger partial charge in [-0.25, -0.2) is 4.79 Å². The minimum absolute atomic E-state index is 0.0111. The molecule has 184 valence electrons. The van der Waals surface area contributed by atoms with Gasteiger partial charge >= 0.3 is 5.97 Å². The minimum Gasteiger partial charge on any atom is -0.504 e. The number of carboxylic acid groups (broad SMARTS) is 1. The monoisotopic (exact) mass is 450 g/mol. The topological polar surface area (TPSA) is 76.0 Å². The number of benzene rings is 1. The van der Waals surface area contributed by atoms with Crippen molar-refractivity contribution in [3.05, 3.63) is 22.3 Å². The average Bonchev–Trinajstić information content (AvgIpc) is 2.77. The number of rotatable bonds is 19. The van der Waals surface area contributed by atoms with Crippen LogP contribution in [0.2, 0.25) is 0 Å². The fraction of sp³-hybridized carbons (Fsp3) is 0.741. The molecule has 0 bridgehead atoms. The quantitative estimate of drug-likeness (QED) is 0.128. The molecule has 1 aromatic carbocycles. The van der Waals surface area contributed by atoms with E-state index >= 15 is 0 Å². The van der Waals surface area contributed by atoms with Gasteiger partial charge in [0.2, 0.25) is 5.75 Å². The molecule has 0 fully saturated rings. The predicted molar refractivity (Wildman–Crippen MR) is 131 cm³/mol. The molecular formula is C27H46O5. The van der Waals surface area contributed by atoms with Crippen molar-refractivity contribution in [2.24, 2.45) is 0 Å². The van der Waals surface area contributed by atoms with E-state index in [4.69, 9.17) is 9.78 Å². The highest BCUT2D eigenvalue weighted by molar-refractivity contribution is 5.94. The number of aromatic hydroxyl groups is 1. The Bertz CT molecular complexity index is 669. The summed E-state index contributed by atoms with van der Waals surface area (Å²) in [6.07, 6.45) is 14.9. The second-order valence-corrected chi connectivity index (χ2v) is 8.78. The van der Waals surface area contributed by atoms with Crippen LogP contribution >= 0.6 is 0 Å². The molecule has 5 nitrogen and oxygen atoms in total. The third-order valence-corrected chi connectivity index (χ3v) is 6.03. The van der Waals surface area contributed by atoms with Gasteiger partial charge in [-0.05, 0) is 56.1 Å². The molecule has 0 amide bonds. The number of aromatic carboxylic acids is 1. The summed E-state index contributed by atoms with van der Waals surface area (Å²) in [6, 6.07) is 0. The van der Waals surface area contributed by atoms with Crippen LogP contribution in [0.3, 0.4) is 0 Å². The van der Waals surface area contributed by atoms with Crippen molar-refractivity contribution in [2.45, 2.75) is 124 Å². The molecule has 2 N–H and O–H groups in total. The number of hydrogen-bond donors (Lipinski definition) is 2. The van der Waals surface area contributed by atoms with Crippen LogP contribution in [-0.2, 0) is 24.2 Å². The SMILES string of the molecule is CCCCCCCCOOc1c(O)c(C(=O)O)c(CCCC)c(CCCC)c1CCCC. The summed E-state index contributed by atoms with van der Waals surface area (Å²) < 4.78 is 0. The highest BCUT2D eigenvalue weighted by atomic mass is 17.2. The Hall–Kier alpha value is -1.75. The van der Waals surface area contributed by atoms with Crippen molar-refractivity contribution < 1.29 is 24.8 Å². The molecule has 0 spiro atoms. The zero-order chi connectivity index (χ0) is 23.8. The van der Waals surface area contributed by atoms with Gasteiger partial charge in [0.1, 0.15) is 5.56 Å². The summed E-state index contributed by atoms with van der Waals surface area (Å²) in [5.74, 6) is -1.17. The standard InChI is InChI=1S/C27H46O5/c1-5-9-13-14-15-16-20-31-32-26-23(19-12-8-4)21(17-10-6-2)22(18-11-7-3)24(25(26)28)27(29)30/h28H,5-20H2,1-4H3,(H,29,30). The van der Waals surface area contributed by atoms with Crippen molar-refractivity contribution in [1.29, 1.82) is 0 Å². The first-order valence-electron chi connectivity index (χ1n) is 12.9. The summed E-state index contributed by atoms with van der Waals surface area (Å²) >= 11 is 0. The lowest BCUT2D eigenvalue weighted by molar-refractivity contribution is -0.208. The maximum atomic E-state index is 12.2. The Morgan fingerprint density at radius 1 is 0.688 bits per heavy atom. The molecule has 0 aliphatic rings. The molecule has 0 aliphatic heterocycles. The summed E-state index contributed by atoms with van der Waals surface area (Å²) in [5.41, 5.74) is 2.74. The highest BCUT2D eigenvalue weighted by Crippen LogP contribution is 2.42. The van der Waals surface area contributed by atoms with Crippen LogP contribution < -0.4 is 4.89 Å². The number of unbranched alkanes of at least 4 members (excludes halogenated alkanes) is 8. The Labute approximate surface area is 195 Å². The Balaban J connectivity index is 3.21. The first-order chi connectivity index (χ1) is 15.5. The third-order valence-electron chi connectivity index (χ3n) is 6.03. The van der Waals surface area contributed by atoms with Gasteiger partial charge in [-0.1, -0.05) is 79.1 Å². The van der Waals surface area contributed by atoms with E-state index in [1.54, 1.807) is 0 Å². The lowest BCUT2D eigenvalue weighted by Crippen LogP contribution is -2.13. The van der Waals surface area contributed by atoms with Crippen molar-refractivity contribution >= 4 is 5.97 Å². The molecule has 0 atom stereocenters. The van der Waals surface area contributed by atoms with E-state index in [2.05, 4.69) is 27.7 Å². The Kier molecular flexibility index (Phi) is 14.9. The summed E-state index contributed by atoms with van der Waals surface area (Å²) in [4.78, 5) is 23.3. The first-order valence-corrected chi connectivity index (χ1v) is 12.9. The normalized spacial score (nSPS) is 11.1. The molecule has 0 aromatic heterocycles. The molecule has 0 radical (unpaired) electrons. The molecule has 32 heavy (non-hydrogen) atoms. The van der Waals surface area contributed by atoms with Crippen molar-refractivity contribution in [3.63, 3.8) is 0 Å². The molecule has 1 aromatic rings. The molecule has 0 unspecified atom stereocenters. The predicted octanol–water partition coefficient (Wildman–Crippen LogP) is 7.79. The molecule has 0 heterocycles. The van der Waals surface area contributed by atoms with E-state index in [0.29, 0.717) is 13.0 Å². The number of phenols is 1. The van der Waals surface area contributed by atoms with Gasteiger partial charge in [-0.15, -0.1) is 0 Å². The number of hydrogen-bond acceptors (Lipinski definition) is 4. The molecule has 5 heteroatoms. The lowest BCUT2D eigenvalue weighted by Gasteiger charge is -2.22. The van der Waals surface area contributed by atoms with E-state index in [0.717, 1.165) is 80.9 Å². The van der Waals surface area contributed by atoms with Crippen LogP contribution in [0.4, 0.5) is 0 Å². The van der Waals surface area contributed by atoms with E-state index in [9.17, 15) is 15.0 Å². The van der Waals surface area contributed by atoms with Crippen molar-refractivity contribution in [2.75, 3.05) is 6.61 Å². The maximum absolute atomic E-state index is 12.2. The zero-order valence-electron chi connectivity index (χ0n) is 20.9. The van der Waals surface area contributed by atoms with Gasteiger partial charge in [0, 0.05) is 5.56 Å². The zero-order valence-corrected chi connectivity index (χ0v) is 20.9. The fourth-order valence-corrected chi connectivity index (χ4v) is 4.13. The summed E-state index contributed by atoms with van der Waals surface area (Å²) in [7, 11) is 0. The van der Waals surface area contributed by atoms with E-state index in [1.807, 2.05) is 0 Å². The van der Waals surface area contributed by atoms with Gasteiger partial charge in [0.15, 0.2) is 5.75 Å². The molecular weight excluding hydrogens is 404 g/mol. The lowest BCUT2D eigenvalue weighted by atomic mass is 9.86. The fourth-order valence-electron chi connectivity index (χ4n) is 4.13. The van der Waals surface area contributed by atoms with Crippen LogP contribution in [0.25, 0.3) is 0 Å². The average molecular weight is 451 g/mol. The van der Waals surface area contributed by atoms with Crippen LogP contribution in [0.5, 0.6) is 11.5 Å². The molecule has 0 aliphatic carbocycles. The molecule has 0 saturated heterocycles. The maximum Gasteiger partial charge on any atom is 0.339 e. The summed E-state index contributed by atoms with van der Waals surface area (Å²) in [5, 5.41) is 20.9. The third kappa shape index (κ3) is 9.01. The Morgan fingerprint density at radius 2 is 1.19 bits per heavy atom. The smallest absolute Gasteiger partial charge is 0.339 e. The van der Waals surface area contributed by atoms with Crippen molar-refractivity contribution in [1.82, 2.24) is 0 Å². The largest absolute Gasteiger partial charge is 0.504 e.